The van der Waals surface area contributed by atoms with Crippen LogP contribution in [0.25, 0.3) is 0 Å². The van der Waals surface area contributed by atoms with Crippen molar-refractivity contribution in [1.82, 2.24) is 0 Å². The van der Waals surface area contributed by atoms with Gasteiger partial charge in [0.1, 0.15) is 5.78 Å². The average molecular weight is 263 g/mol. The Bertz CT molecular complexity index is 454. The van der Waals surface area contributed by atoms with Crippen molar-refractivity contribution in [2.24, 2.45) is 0 Å². The molecule has 1 aliphatic rings. The molecule has 0 N–H and O–H groups in total. The van der Waals surface area contributed by atoms with Crippen molar-refractivity contribution in [1.29, 1.82) is 0 Å². The molecule has 0 bridgehead atoms. The molecule has 92 valence electrons. The predicted molar refractivity (Wildman–Crippen MR) is 58.1 cm³/mol. The van der Waals surface area contributed by atoms with E-state index in [1.165, 1.54) is 6.07 Å². The number of alkyl halides is 3. The third kappa shape index (κ3) is 2.46. The van der Waals surface area contributed by atoms with Gasteiger partial charge in [-0.3, -0.25) is 4.79 Å². The maximum atomic E-state index is 12.6. The highest BCUT2D eigenvalue weighted by Gasteiger charge is 2.34. The van der Waals surface area contributed by atoms with E-state index >= 15 is 0 Å². The number of rotatable bonds is 1. The molecule has 1 unspecified atom stereocenters. The minimum absolute atomic E-state index is 0.0220. The molecule has 5 heteroatoms. The van der Waals surface area contributed by atoms with Crippen molar-refractivity contribution in [3.05, 3.63) is 34.3 Å². The highest BCUT2D eigenvalue weighted by Crippen LogP contribution is 2.38. The van der Waals surface area contributed by atoms with E-state index in [1.807, 2.05) is 0 Å². The Hall–Kier alpha value is -1.03. The molecule has 1 nitrogen and oxygen atoms in total. The van der Waals surface area contributed by atoms with E-state index in [0.717, 1.165) is 18.6 Å². The topological polar surface area (TPSA) is 17.1 Å². The van der Waals surface area contributed by atoms with Crippen LogP contribution in [0.1, 0.15) is 36.3 Å². The quantitative estimate of drug-likeness (QED) is 0.741. The minimum Gasteiger partial charge on any atom is -0.299 e. The Morgan fingerprint density at radius 2 is 2.00 bits per heavy atom. The minimum atomic E-state index is -4.40. The lowest BCUT2D eigenvalue weighted by Gasteiger charge is -2.14. The summed E-state index contributed by atoms with van der Waals surface area (Å²) in [5, 5.41) is 0.234. The highest BCUT2D eigenvalue weighted by molar-refractivity contribution is 6.31. The lowest BCUT2D eigenvalue weighted by Crippen LogP contribution is -2.09. The molecule has 0 saturated heterocycles. The highest BCUT2D eigenvalue weighted by atomic mass is 35.5. The maximum absolute atomic E-state index is 12.6. The van der Waals surface area contributed by atoms with Gasteiger partial charge in [-0.2, -0.15) is 13.2 Å². The van der Waals surface area contributed by atoms with Crippen molar-refractivity contribution < 1.29 is 18.0 Å². The second kappa shape index (κ2) is 4.33. The number of ketones is 1. The van der Waals surface area contributed by atoms with Crippen LogP contribution in [0, 0.1) is 0 Å². The van der Waals surface area contributed by atoms with E-state index in [1.54, 1.807) is 0 Å². The molecule has 0 aliphatic heterocycles. The van der Waals surface area contributed by atoms with Gasteiger partial charge in [0.25, 0.3) is 0 Å². The van der Waals surface area contributed by atoms with Gasteiger partial charge < -0.3 is 0 Å². The molecule has 1 saturated carbocycles. The average Bonchev–Trinajstić information content (AvgIpc) is 2.63. The van der Waals surface area contributed by atoms with Gasteiger partial charge >= 0.3 is 6.18 Å². The summed E-state index contributed by atoms with van der Waals surface area (Å²) in [6.45, 7) is 0. The Morgan fingerprint density at radius 3 is 2.53 bits per heavy atom. The summed E-state index contributed by atoms with van der Waals surface area (Å²) in [6, 6.07) is 3.15. The Balaban J connectivity index is 2.42. The first-order valence-corrected chi connectivity index (χ1v) is 5.67. The van der Waals surface area contributed by atoms with Crippen molar-refractivity contribution in [3.8, 4) is 0 Å². The van der Waals surface area contributed by atoms with E-state index in [-0.39, 0.29) is 10.8 Å². The van der Waals surface area contributed by atoms with Gasteiger partial charge in [-0.1, -0.05) is 11.6 Å². The van der Waals surface area contributed by atoms with E-state index in [2.05, 4.69) is 0 Å². The summed E-state index contributed by atoms with van der Waals surface area (Å²) >= 11 is 5.87. The molecule has 0 amide bonds. The van der Waals surface area contributed by atoms with E-state index in [0.29, 0.717) is 18.4 Å². The SMILES string of the molecule is O=C1CCCC1c1cc(C(F)(F)F)ccc1Cl. The van der Waals surface area contributed by atoms with Crippen LogP contribution >= 0.6 is 11.6 Å². The normalized spacial score (nSPS) is 20.9. The number of carbonyl (C=O) groups excluding carboxylic acids is 1. The van der Waals surface area contributed by atoms with Crippen LogP contribution in [0.2, 0.25) is 5.02 Å². The van der Waals surface area contributed by atoms with E-state index in [9.17, 15) is 18.0 Å². The van der Waals surface area contributed by atoms with Crippen LogP contribution in [0.4, 0.5) is 13.2 Å². The fraction of sp³-hybridized carbons (Fsp3) is 0.417. The van der Waals surface area contributed by atoms with Gasteiger partial charge in [0.05, 0.1) is 5.56 Å². The van der Waals surface area contributed by atoms with Gasteiger partial charge in [-0.15, -0.1) is 0 Å². The third-order valence-electron chi connectivity index (χ3n) is 3.00. The predicted octanol–water partition coefficient (Wildman–Crippen LogP) is 4.20. The Morgan fingerprint density at radius 1 is 1.29 bits per heavy atom. The van der Waals surface area contributed by atoms with Crippen LogP contribution in [0.15, 0.2) is 18.2 Å². The zero-order valence-electron chi connectivity index (χ0n) is 8.85. The second-order valence-corrected chi connectivity index (χ2v) is 4.55. The molecule has 0 radical (unpaired) electrons. The molecular weight excluding hydrogens is 253 g/mol. The Labute approximate surface area is 102 Å². The van der Waals surface area contributed by atoms with Crippen LogP contribution in [-0.2, 0) is 11.0 Å². The molecule has 0 spiro atoms. The molecule has 1 atom stereocenters. The van der Waals surface area contributed by atoms with Gasteiger partial charge in [0, 0.05) is 17.4 Å². The molecule has 1 aliphatic carbocycles. The summed E-state index contributed by atoms with van der Waals surface area (Å²) in [7, 11) is 0. The molecular formula is C12H10ClF3O. The van der Waals surface area contributed by atoms with Crippen LogP contribution in [0.3, 0.4) is 0 Å². The molecule has 2 rings (SSSR count). The summed E-state index contributed by atoms with van der Waals surface area (Å²) < 4.78 is 37.7. The summed E-state index contributed by atoms with van der Waals surface area (Å²) in [6.07, 6.45) is -2.67. The van der Waals surface area contributed by atoms with Crippen molar-refractivity contribution in [2.45, 2.75) is 31.4 Å². The summed E-state index contributed by atoms with van der Waals surface area (Å²) in [5.74, 6) is -0.490. The first-order chi connectivity index (χ1) is 7.89. The lowest BCUT2D eigenvalue weighted by atomic mass is 9.95. The summed E-state index contributed by atoms with van der Waals surface area (Å²) in [4.78, 5) is 11.5. The zero-order valence-corrected chi connectivity index (χ0v) is 9.61. The first-order valence-electron chi connectivity index (χ1n) is 5.29. The summed E-state index contributed by atoms with van der Waals surface area (Å²) in [5.41, 5.74) is -0.444. The number of hydrogen-bond donors (Lipinski definition) is 0. The fourth-order valence-corrected chi connectivity index (χ4v) is 2.38. The molecule has 0 aromatic heterocycles. The van der Waals surface area contributed by atoms with Crippen molar-refractivity contribution >= 4 is 17.4 Å². The number of carbonyl (C=O) groups is 1. The first kappa shape index (κ1) is 12.4. The molecule has 1 aromatic rings. The molecule has 1 aromatic carbocycles. The van der Waals surface area contributed by atoms with Crippen molar-refractivity contribution in [2.75, 3.05) is 0 Å². The van der Waals surface area contributed by atoms with E-state index < -0.39 is 17.7 Å². The fourth-order valence-electron chi connectivity index (χ4n) is 2.13. The van der Waals surface area contributed by atoms with Crippen LogP contribution < -0.4 is 0 Å². The second-order valence-electron chi connectivity index (χ2n) is 4.15. The van der Waals surface area contributed by atoms with Crippen LogP contribution in [-0.4, -0.2) is 5.78 Å². The number of Topliss-reactive ketones (excluding diaryl/α,β-unsaturated/α-hetero) is 1. The van der Waals surface area contributed by atoms with Gasteiger partial charge in [0.2, 0.25) is 0 Å². The molecule has 17 heavy (non-hydrogen) atoms. The van der Waals surface area contributed by atoms with Gasteiger partial charge in [0.15, 0.2) is 0 Å². The Kier molecular flexibility index (Phi) is 3.17. The maximum Gasteiger partial charge on any atom is 0.416 e. The smallest absolute Gasteiger partial charge is 0.299 e. The van der Waals surface area contributed by atoms with Crippen LogP contribution in [0.5, 0.6) is 0 Å². The van der Waals surface area contributed by atoms with Gasteiger partial charge in [-0.25, -0.2) is 0 Å². The third-order valence-corrected chi connectivity index (χ3v) is 3.35. The number of halogens is 4. The zero-order chi connectivity index (χ0) is 12.6. The van der Waals surface area contributed by atoms with E-state index in [4.69, 9.17) is 11.6 Å². The number of hydrogen-bond acceptors (Lipinski definition) is 1. The molecule has 1 fully saturated rings. The lowest BCUT2D eigenvalue weighted by molar-refractivity contribution is -0.137. The monoisotopic (exact) mass is 262 g/mol. The standard InChI is InChI=1S/C12H10ClF3O/c13-10-5-4-7(12(14,15)16)6-9(10)8-2-1-3-11(8)17/h4-6,8H,1-3H2. The number of benzene rings is 1. The van der Waals surface area contributed by atoms with Crippen molar-refractivity contribution in [3.63, 3.8) is 0 Å². The largest absolute Gasteiger partial charge is 0.416 e. The van der Waals surface area contributed by atoms with Gasteiger partial charge in [-0.05, 0) is 36.6 Å². The molecule has 0 heterocycles.